The summed E-state index contributed by atoms with van der Waals surface area (Å²) in [4.78, 5) is 0. The van der Waals surface area contributed by atoms with Gasteiger partial charge in [-0.1, -0.05) is 13.8 Å². The fraction of sp³-hybridized carbons (Fsp3) is 1.00. The van der Waals surface area contributed by atoms with Gasteiger partial charge in [-0.15, -0.1) is 11.6 Å². The molecule has 1 aliphatic rings. The molecule has 5 heteroatoms. The standard InChI is InChI=1S/C11H22ClNO2S/c1-9-4-5-11(8-10(9)2)13-16(14,15)7-3-6-12/h9-11,13H,3-8H2,1-2H3. The molecule has 0 saturated heterocycles. The monoisotopic (exact) mass is 267 g/mol. The molecule has 0 heterocycles. The summed E-state index contributed by atoms with van der Waals surface area (Å²) in [5, 5.41) is 0. The lowest BCUT2D eigenvalue weighted by molar-refractivity contribution is 0.242. The van der Waals surface area contributed by atoms with Crippen LogP contribution in [0.1, 0.15) is 39.5 Å². The molecule has 0 spiro atoms. The summed E-state index contributed by atoms with van der Waals surface area (Å²) >= 11 is 5.50. The quantitative estimate of drug-likeness (QED) is 0.778. The summed E-state index contributed by atoms with van der Waals surface area (Å²) in [6, 6.07) is 0.131. The van der Waals surface area contributed by atoms with Gasteiger partial charge in [0.1, 0.15) is 0 Å². The van der Waals surface area contributed by atoms with Gasteiger partial charge in [0, 0.05) is 11.9 Å². The minimum atomic E-state index is -3.12. The highest BCUT2D eigenvalue weighted by atomic mass is 35.5. The molecule has 3 atom stereocenters. The van der Waals surface area contributed by atoms with E-state index >= 15 is 0 Å². The maximum atomic E-state index is 11.7. The Labute approximate surface area is 104 Å². The zero-order chi connectivity index (χ0) is 12.2. The van der Waals surface area contributed by atoms with E-state index in [9.17, 15) is 8.42 Å². The fourth-order valence-corrected chi connectivity index (χ4v) is 3.87. The lowest BCUT2D eigenvalue weighted by Gasteiger charge is -2.32. The molecule has 3 nitrogen and oxygen atoms in total. The number of sulfonamides is 1. The molecule has 1 fully saturated rings. The maximum Gasteiger partial charge on any atom is 0.211 e. The minimum absolute atomic E-state index is 0.131. The van der Waals surface area contributed by atoms with Gasteiger partial charge in [0.2, 0.25) is 10.0 Å². The Morgan fingerprint density at radius 1 is 1.25 bits per heavy atom. The Bertz CT molecular complexity index is 305. The Morgan fingerprint density at radius 3 is 2.50 bits per heavy atom. The third kappa shape index (κ3) is 4.60. The Morgan fingerprint density at radius 2 is 1.94 bits per heavy atom. The minimum Gasteiger partial charge on any atom is -0.212 e. The maximum absolute atomic E-state index is 11.7. The van der Waals surface area contributed by atoms with Crippen LogP contribution in [0.15, 0.2) is 0 Å². The van der Waals surface area contributed by atoms with Gasteiger partial charge in [0.05, 0.1) is 5.75 Å². The molecule has 0 bridgehead atoms. The predicted octanol–water partition coefficient (Wildman–Crippen LogP) is 2.36. The molecule has 1 rings (SSSR count). The Balaban J connectivity index is 2.42. The first kappa shape index (κ1) is 14.3. The molecule has 1 saturated carbocycles. The first-order valence-electron chi connectivity index (χ1n) is 6.00. The van der Waals surface area contributed by atoms with Crippen LogP contribution >= 0.6 is 11.6 Å². The summed E-state index contributed by atoms with van der Waals surface area (Å²) in [5.41, 5.74) is 0. The number of halogens is 1. The topological polar surface area (TPSA) is 46.2 Å². The molecular formula is C11H22ClNO2S. The fourth-order valence-electron chi connectivity index (χ4n) is 2.21. The van der Waals surface area contributed by atoms with Gasteiger partial charge in [-0.05, 0) is 37.5 Å². The first-order valence-corrected chi connectivity index (χ1v) is 8.19. The van der Waals surface area contributed by atoms with Crippen molar-refractivity contribution in [3.05, 3.63) is 0 Å². The number of rotatable bonds is 5. The third-order valence-corrected chi connectivity index (χ3v) is 5.28. The van der Waals surface area contributed by atoms with Crippen molar-refractivity contribution < 1.29 is 8.42 Å². The van der Waals surface area contributed by atoms with Crippen molar-refractivity contribution in [3.63, 3.8) is 0 Å². The zero-order valence-corrected chi connectivity index (χ0v) is 11.6. The Hall–Kier alpha value is 0.200. The van der Waals surface area contributed by atoms with Crippen LogP contribution in [0.5, 0.6) is 0 Å². The second kappa shape index (κ2) is 6.22. The van der Waals surface area contributed by atoms with Crippen LogP contribution in [0.25, 0.3) is 0 Å². The number of nitrogens with one attached hydrogen (secondary N) is 1. The highest BCUT2D eigenvalue weighted by Crippen LogP contribution is 2.29. The van der Waals surface area contributed by atoms with Gasteiger partial charge >= 0.3 is 0 Å². The highest BCUT2D eigenvalue weighted by Gasteiger charge is 2.27. The van der Waals surface area contributed by atoms with Crippen molar-refractivity contribution in [3.8, 4) is 0 Å². The highest BCUT2D eigenvalue weighted by molar-refractivity contribution is 7.89. The molecule has 16 heavy (non-hydrogen) atoms. The van der Waals surface area contributed by atoms with E-state index in [1.165, 1.54) is 0 Å². The normalized spacial score (nSPS) is 31.6. The lowest BCUT2D eigenvalue weighted by Crippen LogP contribution is -2.40. The average molecular weight is 268 g/mol. The van der Waals surface area contributed by atoms with Crippen molar-refractivity contribution >= 4 is 21.6 Å². The van der Waals surface area contributed by atoms with E-state index in [0.29, 0.717) is 24.1 Å². The van der Waals surface area contributed by atoms with Gasteiger partial charge < -0.3 is 0 Å². The molecule has 0 radical (unpaired) electrons. The van der Waals surface area contributed by atoms with Crippen LogP contribution in [-0.2, 0) is 10.0 Å². The van der Waals surface area contributed by atoms with Crippen molar-refractivity contribution in [2.75, 3.05) is 11.6 Å². The number of hydrogen-bond donors (Lipinski definition) is 1. The van der Waals surface area contributed by atoms with Crippen molar-refractivity contribution in [2.45, 2.75) is 45.6 Å². The third-order valence-electron chi connectivity index (χ3n) is 3.49. The summed E-state index contributed by atoms with van der Waals surface area (Å²) in [7, 11) is -3.12. The van der Waals surface area contributed by atoms with E-state index in [2.05, 4.69) is 18.6 Å². The van der Waals surface area contributed by atoms with Crippen molar-refractivity contribution in [1.29, 1.82) is 0 Å². The van der Waals surface area contributed by atoms with Gasteiger partial charge in [0.15, 0.2) is 0 Å². The van der Waals surface area contributed by atoms with Gasteiger partial charge in [0.25, 0.3) is 0 Å². The van der Waals surface area contributed by atoms with Gasteiger partial charge in [-0.3, -0.25) is 0 Å². The van der Waals surface area contributed by atoms with E-state index in [4.69, 9.17) is 11.6 Å². The van der Waals surface area contributed by atoms with E-state index < -0.39 is 10.0 Å². The zero-order valence-electron chi connectivity index (χ0n) is 10.1. The van der Waals surface area contributed by atoms with Crippen LogP contribution in [0.4, 0.5) is 0 Å². The van der Waals surface area contributed by atoms with Crippen LogP contribution in [0, 0.1) is 11.8 Å². The van der Waals surface area contributed by atoms with E-state index in [1.54, 1.807) is 0 Å². The van der Waals surface area contributed by atoms with Crippen molar-refractivity contribution in [2.24, 2.45) is 11.8 Å². The van der Waals surface area contributed by atoms with Crippen LogP contribution < -0.4 is 4.72 Å². The number of alkyl halides is 1. The molecular weight excluding hydrogens is 246 g/mol. The molecule has 96 valence electrons. The van der Waals surface area contributed by atoms with E-state index in [1.807, 2.05) is 0 Å². The molecule has 1 N–H and O–H groups in total. The van der Waals surface area contributed by atoms with E-state index in [-0.39, 0.29) is 11.8 Å². The van der Waals surface area contributed by atoms with Crippen LogP contribution in [0.2, 0.25) is 0 Å². The SMILES string of the molecule is CC1CCC(NS(=O)(=O)CCCCl)CC1C. The molecule has 0 aromatic carbocycles. The Kier molecular flexibility index (Phi) is 5.54. The predicted molar refractivity (Wildman–Crippen MR) is 68.2 cm³/mol. The largest absolute Gasteiger partial charge is 0.212 e. The van der Waals surface area contributed by atoms with Crippen molar-refractivity contribution in [1.82, 2.24) is 4.72 Å². The van der Waals surface area contributed by atoms with Crippen LogP contribution in [0.3, 0.4) is 0 Å². The molecule has 1 aliphatic carbocycles. The first-order chi connectivity index (χ1) is 7.44. The van der Waals surface area contributed by atoms with Gasteiger partial charge in [-0.2, -0.15) is 0 Å². The second-order valence-corrected chi connectivity index (χ2v) is 7.20. The average Bonchev–Trinajstić information content (AvgIpc) is 2.20. The summed E-state index contributed by atoms with van der Waals surface area (Å²) in [6.45, 7) is 4.44. The molecule has 0 aromatic rings. The summed E-state index contributed by atoms with van der Waals surface area (Å²) < 4.78 is 26.1. The summed E-state index contributed by atoms with van der Waals surface area (Å²) in [6.07, 6.45) is 3.56. The second-order valence-electron chi connectivity index (χ2n) is 4.94. The number of hydrogen-bond acceptors (Lipinski definition) is 2. The molecule has 0 amide bonds. The van der Waals surface area contributed by atoms with Gasteiger partial charge in [-0.25, -0.2) is 13.1 Å². The molecule has 0 aromatic heterocycles. The van der Waals surface area contributed by atoms with Crippen LogP contribution in [-0.4, -0.2) is 26.1 Å². The lowest BCUT2D eigenvalue weighted by atomic mass is 9.79. The van der Waals surface area contributed by atoms with E-state index in [0.717, 1.165) is 19.3 Å². The molecule has 0 aliphatic heterocycles. The molecule has 3 unspecified atom stereocenters. The smallest absolute Gasteiger partial charge is 0.211 e. The summed E-state index contributed by atoms with van der Waals surface area (Å²) in [5.74, 6) is 1.87.